The Kier molecular flexibility index (Phi) is 6.44. The van der Waals surface area contributed by atoms with E-state index in [1.54, 1.807) is 0 Å². The first kappa shape index (κ1) is 26.0. The van der Waals surface area contributed by atoms with Gasteiger partial charge >= 0.3 is 0 Å². The van der Waals surface area contributed by atoms with Gasteiger partial charge in [0, 0.05) is 18.3 Å². The van der Waals surface area contributed by atoms with Crippen LogP contribution in [-0.4, -0.2) is 40.0 Å². The molecule has 1 aromatic carbocycles. The molecule has 2 bridgehead atoms. The van der Waals surface area contributed by atoms with Crippen molar-refractivity contribution in [3.05, 3.63) is 35.9 Å². The van der Waals surface area contributed by atoms with E-state index in [-0.39, 0.29) is 28.6 Å². The second-order valence-electron chi connectivity index (χ2n) is 14.0. The Morgan fingerprint density at radius 3 is 2.46 bits per heavy atom. The number of hydrogen-bond donors (Lipinski definition) is 0. The quantitative estimate of drug-likeness (QED) is 0.389. The van der Waals surface area contributed by atoms with Crippen molar-refractivity contribution in [3.63, 3.8) is 0 Å². The summed E-state index contributed by atoms with van der Waals surface area (Å²) in [5, 5.41) is 10.9. The molecule has 6 rings (SSSR count). The molecule has 5 nitrogen and oxygen atoms in total. The largest absolute Gasteiger partial charge is 0.414 e. The number of benzene rings is 1. The molecule has 5 aliphatic rings. The van der Waals surface area contributed by atoms with Crippen molar-refractivity contribution in [2.24, 2.45) is 34.0 Å². The average molecular weight is 524 g/mol. The van der Waals surface area contributed by atoms with Crippen molar-refractivity contribution in [1.29, 1.82) is 5.26 Å². The topological polar surface area (TPSA) is 60.7 Å². The molecule has 5 fully saturated rings. The van der Waals surface area contributed by atoms with Crippen molar-refractivity contribution < 1.29 is 18.6 Å². The summed E-state index contributed by atoms with van der Waals surface area (Å²) in [7, 11) is -1.82. The van der Waals surface area contributed by atoms with Crippen molar-refractivity contribution in [2.45, 2.75) is 96.4 Å². The Balaban J connectivity index is 1.35. The third-order valence-electron chi connectivity index (χ3n) is 11.1. The number of hydrogen-bond acceptors (Lipinski definition) is 5. The fraction of sp³-hybridized carbons (Fsp3) is 0.774. The van der Waals surface area contributed by atoms with Crippen LogP contribution < -0.4 is 0 Å². The first-order chi connectivity index (χ1) is 17.7. The van der Waals surface area contributed by atoms with Gasteiger partial charge in [0.05, 0.1) is 44.0 Å². The van der Waals surface area contributed by atoms with Crippen LogP contribution in [0, 0.1) is 45.3 Å². The lowest BCUT2D eigenvalue weighted by Gasteiger charge is -2.67. The van der Waals surface area contributed by atoms with Gasteiger partial charge in [-0.05, 0) is 80.5 Å². The van der Waals surface area contributed by atoms with Crippen LogP contribution in [0.1, 0.15) is 63.9 Å². The SMILES string of the molecule is C[C@]12CCC[C@@](C#N)(COCc3ccccc3)[C@@H]1[C@H](O[Si](C)(C)C)C[C@H]1C[C@@H]3C[C@@]12CCC31OCCO1. The van der Waals surface area contributed by atoms with Gasteiger partial charge in [-0.2, -0.15) is 5.26 Å². The first-order valence-electron chi connectivity index (χ1n) is 14.6. The summed E-state index contributed by atoms with van der Waals surface area (Å²) in [5.74, 6) is 0.913. The zero-order valence-electron chi connectivity index (χ0n) is 23.3. The standard InChI is InChI=1S/C31H45NO4Si/c1-28-11-8-12-29(21-32,22-33-20-23-9-6-5-7-10-23)27(28)26(36-37(2,3)4)18-24-17-25-19-30(24,28)13-14-31(25)34-15-16-35-31/h5-7,9-10,24-27H,8,11-20,22H2,1-4H3/t24-,25-,26-,27-,28+,29-,30+/m1/s1. The number of nitriles is 1. The third-order valence-corrected chi connectivity index (χ3v) is 12.1. The van der Waals surface area contributed by atoms with Crippen LogP contribution in [0.3, 0.4) is 0 Å². The summed E-state index contributed by atoms with van der Waals surface area (Å²) in [6, 6.07) is 13.3. The van der Waals surface area contributed by atoms with Gasteiger partial charge < -0.3 is 18.6 Å². The molecular weight excluding hydrogens is 478 g/mol. The van der Waals surface area contributed by atoms with Crippen LogP contribution in [0.2, 0.25) is 19.6 Å². The molecule has 0 aromatic heterocycles. The Morgan fingerprint density at radius 1 is 1.00 bits per heavy atom. The number of rotatable bonds is 6. The Hall–Kier alpha value is -1.23. The molecule has 1 aromatic rings. The summed E-state index contributed by atoms with van der Waals surface area (Å²) < 4.78 is 26.1. The highest BCUT2D eigenvalue weighted by Gasteiger charge is 2.73. The van der Waals surface area contributed by atoms with Gasteiger partial charge in [-0.3, -0.25) is 0 Å². The maximum atomic E-state index is 10.9. The fourth-order valence-corrected chi connectivity index (χ4v) is 11.0. The van der Waals surface area contributed by atoms with E-state index < -0.39 is 13.7 Å². The predicted octanol–water partition coefficient (Wildman–Crippen LogP) is 6.69. The molecule has 37 heavy (non-hydrogen) atoms. The lowest BCUT2D eigenvalue weighted by molar-refractivity contribution is -0.245. The van der Waals surface area contributed by atoms with Crippen molar-refractivity contribution >= 4 is 8.32 Å². The van der Waals surface area contributed by atoms with Crippen LogP contribution >= 0.6 is 0 Å². The highest BCUT2D eigenvalue weighted by molar-refractivity contribution is 6.69. The van der Waals surface area contributed by atoms with Crippen LogP contribution in [-0.2, 0) is 25.2 Å². The van der Waals surface area contributed by atoms with E-state index in [1.165, 1.54) is 24.8 Å². The molecule has 202 valence electrons. The zero-order chi connectivity index (χ0) is 25.9. The van der Waals surface area contributed by atoms with E-state index >= 15 is 0 Å². The lowest BCUT2D eigenvalue weighted by Crippen LogP contribution is -2.65. The Bertz CT molecular complexity index is 1030. The van der Waals surface area contributed by atoms with Gasteiger partial charge in [0.1, 0.15) is 0 Å². The molecule has 0 N–H and O–H groups in total. The summed E-state index contributed by atoms with van der Waals surface area (Å²) in [5.41, 5.74) is 0.946. The molecule has 0 amide bonds. The molecule has 1 heterocycles. The first-order valence-corrected chi connectivity index (χ1v) is 18.0. The van der Waals surface area contributed by atoms with E-state index in [2.05, 4.69) is 56.9 Å². The van der Waals surface area contributed by atoms with Gasteiger partial charge in [0.15, 0.2) is 14.1 Å². The smallest absolute Gasteiger partial charge is 0.184 e. The van der Waals surface area contributed by atoms with E-state index in [1.807, 2.05) is 6.07 Å². The summed E-state index contributed by atoms with van der Waals surface area (Å²) in [4.78, 5) is 0. The normalized spacial score (nSPS) is 42.2. The highest BCUT2D eigenvalue weighted by Crippen LogP contribution is 2.76. The minimum absolute atomic E-state index is 0.0548. The molecule has 6 heteroatoms. The summed E-state index contributed by atoms with van der Waals surface area (Å²) in [6.07, 6.45) is 8.87. The molecule has 1 saturated heterocycles. The molecular formula is C31H45NO4Si. The average Bonchev–Trinajstić information content (AvgIpc) is 3.46. The van der Waals surface area contributed by atoms with E-state index in [4.69, 9.17) is 18.6 Å². The van der Waals surface area contributed by atoms with Gasteiger partial charge in [0.25, 0.3) is 0 Å². The molecule has 0 radical (unpaired) electrons. The van der Waals surface area contributed by atoms with Crippen LogP contribution in [0.4, 0.5) is 0 Å². The monoisotopic (exact) mass is 523 g/mol. The number of ether oxygens (including phenoxy) is 3. The molecule has 4 saturated carbocycles. The second-order valence-corrected chi connectivity index (χ2v) is 18.5. The third kappa shape index (κ3) is 4.07. The van der Waals surface area contributed by atoms with Crippen molar-refractivity contribution in [2.75, 3.05) is 19.8 Å². The molecule has 0 unspecified atom stereocenters. The van der Waals surface area contributed by atoms with E-state index in [9.17, 15) is 5.26 Å². The van der Waals surface area contributed by atoms with E-state index in [0.717, 1.165) is 45.3 Å². The summed E-state index contributed by atoms with van der Waals surface area (Å²) in [6.45, 7) is 12.0. The molecule has 7 atom stereocenters. The molecule has 4 aliphatic carbocycles. The van der Waals surface area contributed by atoms with Gasteiger partial charge in [0.2, 0.25) is 0 Å². The molecule has 1 aliphatic heterocycles. The van der Waals surface area contributed by atoms with Gasteiger partial charge in [-0.1, -0.05) is 43.7 Å². The predicted molar refractivity (Wildman–Crippen MR) is 145 cm³/mol. The highest BCUT2D eigenvalue weighted by atomic mass is 28.4. The van der Waals surface area contributed by atoms with Crippen molar-refractivity contribution in [3.8, 4) is 6.07 Å². The number of fused-ring (bicyclic) bond motifs is 3. The second kappa shape index (κ2) is 9.17. The lowest BCUT2D eigenvalue weighted by atomic mass is 9.39. The maximum Gasteiger partial charge on any atom is 0.184 e. The van der Waals surface area contributed by atoms with Gasteiger partial charge in [-0.25, -0.2) is 0 Å². The van der Waals surface area contributed by atoms with E-state index in [0.29, 0.717) is 25.0 Å². The Morgan fingerprint density at radius 2 is 1.76 bits per heavy atom. The van der Waals surface area contributed by atoms with Crippen LogP contribution in [0.25, 0.3) is 0 Å². The minimum Gasteiger partial charge on any atom is -0.414 e. The van der Waals surface area contributed by atoms with Crippen molar-refractivity contribution in [1.82, 2.24) is 0 Å². The minimum atomic E-state index is -1.82. The Labute approximate surface area is 224 Å². The van der Waals surface area contributed by atoms with Crippen LogP contribution in [0.5, 0.6) is 0 Å². The zero-order valence-corrected chi connectivity index (χ0v) is 24.3. The molecule has 2 spiro atoms. The number of nitrogens with zero attached hydrogens (tertiary/aromatic N) is 1. The summed E-state index contributed by atoms with van der Waals surface area (Å²) >= 11 is 0. The van der Waals surface area contributed by atoms with Gasteiger partial charge in [-0.15, -0.1) is 0 Å². The maximum absolute atomic E-state index is 10.9. The fourth-order valence-electron chi connectivity index (χ4n) is 9.91. The van der Waals surface area contributed by atoms with Crippen LogP contribution in [0.15, 0.2) is 30.3 Å².